The molecule has 24 heavy (non-hydrogen) atoms. The van der Waals surface area contributed by atoms with Gasteiger partial charge in [0, 0.05) is 37.1 Å². The summed E-state index contributed by atoms with van der Waals surface area (Å²) in [5.74, 6) is 0.640. The van der Waals surface area contributed by atoms with E-state index in [0.29, 0.717) is 21.5 Å². The zero-order valence-electron chi connectivity index (χ0n) is 14.2. The molecule has 0 aliphatic carbocycles. The number of rotatable bonds is 6. The molecule has 1 aromatic carbocycles. The molecule has 2 rings (SSSR count). The van der Waals surface area contributed by atoms with Crippen LogP contribution in [0.3, 0.4) is 0 Å². The zero-order valence-corrected chi connectivity index (χ0v) is 15.8. The van der Waals surface area contributed by atoms with E-state index < -0.39 is 6.29 Å². The minimum absolute atomic E-state index is 0.0489. The molecule has 1 N–H and O–H groups in total. The number of aromatic nitrogens is 1. The average Bonchev–Trinajstić information content (AvgIpc) is 2.58. The third kappa shape index (κ3) is 3.19. The fourth-order valence-corrected chi connectivity index (χ4v) is 3.11. The first kappa shape index (κ1) is 18.5. The van der Waals surface area contributed by atoms with Crippen molar-refractivity contribution in [3.63, 3.8) is 0 Å². The van der Waals surface area contributed by atoms with E-state index in [0.717, 1.165) is 11.1 Å². The van der Waals surface area contributed by atoms with E-state index in [4.69, 9.17) is 18.9 Å². The molecule has 7 heteroatoms. The Balaban J connectivity index is 2.91. The Hall–Kier alpha value is -1.83. The van der Waals surface area contributed by atoms with Gasteiger partial charge in [-0.15, -0.1) is 0 Å². The number of benzene rings is 1. The number of phenolic OH excluding ortho intramolecular Hbond substituents is 1. The van der Waals surface area contributed by atoms with Gasteiger partial charge >= 0.3 is 0 Å². The molecule has 0 bridgehead atoms. The van der Waals surface area contributed by atoms with Gasteiger partial charge in [0.1, 0.15) is 4.60 Å². The Kier molecular flexibility index (Phi) is 6.04. The van der Waals surface area contributed by atoms with Crippen molar-refractivity contribution in [1.29, 1.82) is 0 Å². The van der Waals surface area contributed by atoms with Gasteiger partial charge in [0.25, 0.3) is 0 Å². The SMILES string of the molecule is COc1c(C)c(C(OC)OC)c(-c2ccnc(Br)c2)c(O)c1OC. The van der Waals surface area contributed by atoms with Crippen molar-refractivity contribution in [3.05, 3.63) is 34.1 Å². The molecule has 1 heterocycles. The largest absolute Gasteiger partial charge is 0.504 e. The fraction of sp³-hybridized carbons (Fsp3) is 0.353. The second-order valence-electron chi connectivity index (χ2n) is 5.00. The predicted molar refractivity (Wildman–Crippen MR) is 93.6 cm³/mol. The van der Waals surface area contributed by atoms with Gasteiger partial charge in [-0.05, 0) is 40.5 Å². The number of hydrogen-bond acceptors (Lipinski definition) is 6. The Morgan fingerprint density at radius 2 is 1.71 bits per heavy atom. The smallest absolute Gasteiger partial charge is 0.203 e. The van der Waals surface area contributed by atoms with Gasteiger partial charge in [-0.3, -0.25) is 0 Å². The van der Waals surface area contributed by atoms with Crippen molar-refractivity contribution in [2.45, 2.75) is 13.2 Å². The molecule has 0 fully saturated rings. The lowest BCUT2D eigenvalue weighted by Crippen LogP contribution is -2.10. The molecule has 6 nitrogen and oxygen atoms in total. The van der Waals surface area contributed by atoms with Gasteiger partial charge in [-0.1, -0.05) is 0 Å². The molecule has 0 saturated carbocycles. The fourth-order valence-electron chi connectivity index (χ4n) is 2.74. The Morgan fingerprint density at radius 3 is 2.21 bits per heavy atom. The van der Waals surface area contributed by atoms with Crippen LogP contribution in [0.1, 0.15) is 17.4 Å². The summed E-state index contributed by atoms with van der Waals surface area (Å²) in [7, 11) is 6.07. The van der Waals surface area contributed by atoms with Crippen LogP contribution < -0.4 is 9.47 Å². The van der Waals surface area contributed by atoms with E-state index >= 15 is 0 Å². The van der Waals surface area contributed by atoms with Crippen LogP contribution in [0.4, 0.5) is 0 Å². The van der Waals surface area contributed by atoms with Crippen LogP contribution in [0.25, 0.3) is 11.1 Å². The summed E-state index contributed by atoms with van der Waals surface area (Å²) in [5.41, 5.74) is 2.70. The first-order chi connectivity index (χ1) is 11.5. The normalized spacial score (nSPS) is 11.0. The number of pyridine rings is 1. The van der Waals surface area contributed by atoms with Crippen LogP contribution in [0.2, 0.25) is 0 Å². The molecule has 0 saturated heterocycles. The van der Waals surface area contributed by atoms with Crippen molar-refractivity contribution in [3.8, 4) is 28.4 Å². The maximum Gasteiger partial charge on any atom is 0.203 e. The molecule has 0 radical (unpaired) electrons. The highest BCUT2D eigenvalue weighted by Crippen LogP contribution is 2.51. The maximum atomic E-state index is 10.8. The van der Waals surface area contributed by atoms with Crippen molar-refractivity contribution < 1.29 is 24.1 Å². The van der Waals surface area contributed by atoms with Crippen LogP contribution in [0, 0.1) is 6.92 Å². The highest BCUT2D eigenvalue weighted by molar-refractivity contribution is 9.10. The molecule has 0 spiro atoms. The Labute approximate surface area is 149 Å². The standard InChI is InChI=1S/C17H20BrNO5/c1-9-12(17(23-4)24-5)13(10-6-7-19-11(18)8-10)14(20)16(22-3)15(9)21-2/h6-8,17,20H,1-5H3. The average molecular weight is 398 g/mol. The van der Waals surface area contributed by atoms with E-state index in [-0.39, 0.29) is 11.5 Å². The second kappa shape index (κ2) is 7.83. The summed E-state index contributed by atoms with van der Waals surface area (Å²) >= 11 is 3.35. The Morgan fingerprint density at radius 1 is 1.08 bits per heavy atom. The van der Waals surface area contributed by atoms with Crippen molar-refractivity contribution in [2.24, 2.45) is 0 Å². The summed E-state index contributed by atoms with van der Waals surface area (Å²) < 4.78 is 22.3. The highest BCUT2D eigenvalue weighted by Gasteiger charge is 2.29. The van der Waals surface area contributed by atoms with E-state index in [1.165, 1.54) is 28.4 Å². The third-order valence-corrected chi connectivity index (χ3v) is 4.19. The molecule has 0 amide bonds. The van der Waals surface area contributed by atoms with Crippen LogP contribution in [-0.2, 0) is 9.47 Å². The van der Waals surface area contributed by atoms with Crippen molar-refractivity contribution in [2.75, 3.05) is 28.4 Å². The van der Waals surface area contributed by atoms with E-state index in [1.807, 2.05) is 6.92 Å². The second-order valence-corrected chi connectivity index (χ2v) is 5.81. The lowest BCUT2D eigenvalue weighted by molar-refractivity contribution is -0.106. The van der Waals surface area contributed by atoms with Gasteiger partial charge in [0.05, 0.1) is 14.2 Å². The number of halogens is 1. The number of nitrogens with zero attached hydrogens (tertiary/aromatic N) is 1. The van der Waals surface area contributed by atoms with Crippen molar-refractivity contribution in [1.82, 2.24) is 4.98 Å². The van der Waals surface area contributed by atoms with Crippen LogP contribution in [0.15, 0.2) is 22.9 Å². The number of aromatic hydroxyl groups is 1. The highest BCUT2D eigenvalue weighted by atomic mass is 79.9. The first-order valence-corrected chi connectivity index (χ1v) is 7.94. The number of ether oxygens (including phenoxy) is 4. The molecule has 0 aliphatic heterocycles. The Bertz CT molecular complexity index is 731. The quantitative estimate of drug-likeness (QED) is 0.589. The summed E-state index contributed by atoms with van der Waals surface area (Å²) in [6, 6.07) is 3.59. The topological polar surface area (TPSA) is 70.0 Å². The van der Waals surface area contributed by atoms with Crippen LogP contribution >= 0.6 is 15.9 Å². The predicted octanol–water partition coefficient (Wildman–Crippen LogP) is 3.83. The molecule has 0 unspecified atom stereocenters. The van der Waals surface area contributed by atoms with Crippen LogP contribution in [0.5, 0.6) is 17.2 Å². The lowest BCUT2D eigenvalue weighted by Gasteiger charge is -2.25. The van der Waals surface area contributed by atoms with Crippen molar-refractivity contribution >= 4 is 15.9 Å². The molecule has 130 valence electrons. The van der Waals surface area contributed by atoms with Gasteiger partial charge < -0.3 is 24.1 Å². The van der Waals surface area contributed by atoms with Gasteiger partial charge in [0.2, 0.25) is 5.75 Å². The molecular weight excluding hydrogens is 378 g/mol. The minimum Gasteiger partial charge on any atom is -0.504 e. The summed E-state index contributed by atoms with van der Waals surface area (Å²) in [5, 5.41) is 10.8. The molecule has 2 aromatic rings. The minimum atomic E-state index is -0.683. The maximum absolute atomic E-state index is 10.8. The molecular formula is C17H20BrNO5. The van der Waals surface area contributed by atoms with Gasteiger partial charge in [-0.2, -0.15) is 0 Å². The van der Waals surface area contributed by atoms with Gasteiger partial charge in [0.15, 0.2) is 17.8 Å². The molecule has 0 aliphatic rings. The van der Waals surface area contributed by atoms with E-state index in [2.05, 4.69) is 20.9 Å². The number of methoxy groups -OCH3 is 4. The number of phenols is 1. The summed E-state index contributed by atoms with van der Waals surface area (Å²) in [6.07, 6.45) is 0.959. The number of hydrogen-bond donors (Lipinski definition) is 1. The van der Waals surface area contributed by atoms with Gasteiger partial charge in [-0.25, -0.2) is 4.98 Å². The zero-order chi connectivity index (χ0) is 17.9. The third-order valence-electron chi connectivity index (χ3n) is 3.76. The summed E-state index contributed by atoms with van der Waals surface area (Å²) in [6.45, 7) is 1.86. The van der Waals surface area contributed by atoms with Crippen LogP contribution in [-0.4, -0.2) is 38.5 Å². The van der Waals surface area contributed by atoms with E-state index in [1.54, 1.807) is 18.3 Å². The summed E-state index contributed by atoms with van der Waals surface area (Å²) in [4.78, 5) is 4.13. The lowest BCUT2D eigenvalue weighted by atomic mass is 9.93. The molecule has 0 atom stereocenters. The first-order valence-electron chi connectivity index (χ1n) is 7.15. The van der Waals surface area contributed by atoms with E-state index in [9.17, 15) is 5.11 Å². The molecule has 1 aromatic heterocycles. The monoisotopic (exact) mass is 397 g/mol.